The number of hydrogen-bond acceptors (Lipinski definition) is 6. The molecule has 84 valence electrons. The number of carbonyl (C=O) groups is 1. The molecule has 2 heterocycles. The Kier molecular flexibility index (Phi) is 3.00. The molecule has 0 aliphatic rings. The minimum atomic E-state index is -0.412. The highest BCUT2D eigenvalue weighted by atomic mass is 32.1. The molecule has 6 heteroatoms. The van der Waals surface area contributed by atoms with Gasteiger partial charge in [-0.15, -0.1) is 11.3 Å². The molecule has 5 nitrogen and oxygen atoms in total. The van der Waals surface area contributed by atoms with Crippen molar-refractivity contribution in [1.82, 2.24) is 10.1 Å². The Morgan fingerprint density at radius 1 is 1.62 bits per heavy atom. The van der Waals surface area contributed by atoms with Gasteiger partial charge in [0, 0.05) is 6.20 Å². The Morgan fingerprint density at radius 3 is 3.06 bits per heavy atom. The quantitative estimate of drug-likeness (QED) is 0.767. The summed E-state index contributed by atoms with van der Waals surface area (Å²) in [7, 11) is 0. The number of carbonyl (C=O) groups excluding carboxylic acids is 1. The van der Waals surface area contributed by atoms with Crippen molar-refractivity contribution >= 4 is 17.3 Å². The molecule has 0 unspecified atom stereocenters. The van der Waals surface area contributed by atoms with Crippen molar-refractivity contribution in [3.63, 3.8) is 0 Å². The molecule has 0 aliphatic heterocycles. The molecule has 0 saturated carbocycles. The Labute approximate surface area is 96.0 Å². The van der Waals surface area contributed by atoms with E-state index in [1.165, 1.54) is 11.3 Å². The van der Waals surface area contributed by atoms with E-state index < -0.39 is 5.97 Å². The van der Waals surface area contributed by atoms with Gasteiger partial charge in [-0.25, -0.2) is 4.79 Å². The second-order valence-electron chi connectivity index (χ2n) is 3.05. The first-order chi connectivity index (χ1) is 7.74. The Hall–Kier alpha value is -1.69. The second kappa shape index (κ2) is 4.44. The van der Waals surface area contributed by atoms with Gasteiger partial charge in [-0.1, -0.05) is 5.16 Å². The van der Waals surface area contributed by atoms with E-state index >= 15 is 0 Å². The molecule has 0 atom stereocenters. The zero-order valence-electron chi connectivity index (χ0n) is 8.89. The third kappa shape index (κ3) is 1.83. The van der Waals surface area contributed by atoms with Crippen molar-refractivity contribution in [3.8, 4) is 10.6 Å². The smallest absolute Gasteiger partial charge is 0.344 e. The lowest BCUT2D eigenvalue weighted by molar-refractivity contribution is 0.0525. The first kappa shape index (κ1) is 10.8. The van der Waals surface area contributed by atoms with Crippen molar-refractivity contribution < 1.29 is 14.1 Å². The highest BCUT2D eigenvalue weighted by molar-refractivity contribution is 7.13. The van der Waals surface area contributed by atoms with Crippen LogP contribution in [-0.4, -0.2) is 22.7 Å². The lowest BCUT2D eigenvalue weighted by Crippen LogP contribution is -2.06. The molecule has 2 aromatic rings. The molecule has 2 aromatic heterocycles. The summed E-state index contributed by atoms with van der Waals surface area (Å²) < 4.78 is 9.97. The third-order valence-corrected chi connectivity index (χ3v) is 2.79. The fourth-order valence-corrected chi connectivity index (χ4v) is 1.92. The molecule has 0 spiro atoms. The maximum Gasteiger partial charge on any atom is 0.344 e. The van der Waals surface area contributed by atoms with Crippen LogP contribution in [0, 0.1) is 6.92 Å². The molecule has 0 amide bonds. The van der Waals surface area contributed by atoms with E-state index in [0.717, 1.165) is 4.88 Å². The summed E-state index contributed by atoms with van der Waals surface area (Å²) in [6.07, 6.45) is 1.64. The molecular weight excluding hydrogens is 228 g/mol. The molecule has 0 bridgehead atoms. The van der Waals surface area contributed by atoms with Crippen molar-refractivity contribution in [1.29, 1.82) is 0 Å². The zero-order chi connectivity index (χ0) is 11.5. The molecule has 0 aromatic carbocycles. The third-order valence-electron chi connectivity index (χ3n) is 2.01. The molecule has 0 aliphatic carbocycles. The average Bonchev–Trinajstić information content (AvgIpc) is 2.86. The van der Waals surface area contributed by atoms with E-state index in [1.807, 2.05) is 0 Å². The summed E-state index contributed by atoms with van der Waals surface area (Å²) in [5.41, 5.74) is 2.55. The largest absolute Gasteiger partial charge is 0.462 e. The van der Waals surface area contributed by atoms with Gasteiger partial charge in [0.15, 0.2) is 0 Å². The van der Waals surface area contributed by atoms with Crippen LogP contribution in [0.3, 0.4) is 0 Å². The highest BCUT2D eigenvalue weighted by Crippen LogP contribution is 2.28. The van der Waals surface area contributed by atoms with E-state index in [0.29, 0.717) is 23.6 Å². The van der Waals surface area contributed by atoms with Crippen molar-refractivity contribution in [3.05, 3.63) is 23.0 Å². The minimum Gasteiger partial charge on any atom is -0.462 e. The van der Waals surface area contributed by atoms with E-state index in [2.05, 4.69) is 10.1 Å². The van der Waals surface area contributed by atoms with Crippen molar-refractivity contribution in [2.75, 3.05) is 6.61 Å². The SMILES string of the molecule is CCOC(=O)c1c(-c2cncs2)noc1C. The van der Waals surface area contributed by atoms with Gasteiger partial charge < -0.3 is 9.26 Å². The van der Waals surface area contributed by atoms with Gasteiger partial charge in [-0.2, -0.15) is 0 Å². The molecular formula is C10H10N2O3S. The van der Waals surface area contributed by atoms with Crippen molar-refractivity contribution in [2.24, 2.45) is 0 Å². The van der Waals surface area contributed by atoms with Crippen LogP contribution in [0.25, 0.3) is 10.6 Å². The second-order valence-corrected chi connectivity index (χ2v) is 3.93. The maximum atomic E-state index is 11.7. The van der Waals surface area contributed by atoms with Crippen LogP contribution in [0.5, 0.6) is 0 Å². The Morgan fingerprint density at radius 2 is 2.44 bits per heavy atom. The van der Waals surface area contributed by atoms with Gasteiger partial charge in [-0.3, -0.25) is 4.98 Å². The number of rotatable bonds is 3. The molecule has 0 N–H and O–H groups in total. The van der Waals surface area contributed by atoms with Gasteiger partial charge >= 0.3 is 5.97 Å². The summed E-state index contributed by atoms with van der Waals surface area (Å²) >= 11 is 1.40. The van der Waals surface area contributed by atoms with Gasteiger partial charge in [-0.05, 0) is 13.8 Å². The number of thiazole rings is 1. The predicted molar refractivity (Wildman–Crippen MR) is 58.3 cm³/mol. The van der Waals surface area contributed by atoms with Crippen LogP contribution in [0.2, 0.25) is 0 Å². The monoisotopic (exact) mass is 238 g/mol. The lowest BCUT2D eigenvalue weighted by atomic mass is 10.2. The average molecular weight is 238 g/mol. The molecule has 0 fully saturated rings. The van der Waals surface area contributed by atoms with Crippen LogP contribution < -0.4 is 0 Å². The molecule has 0 saturated heterocycles. The summed E-state index contributed by atoms with van der Waals surface area (Å²) in [4.78, 5) is 16.4. The number of esters is 1. The number of aryl methyl sites for hydroxylation is 1. The van der Waals surface area contributed by atoms with Gasteiger partial charge in [0.1, 0.15) is 17.0 Å². The zero-order valence-corrected chi connectivity index (χ0v) is 9.71. The molecule has 16 heavy (non-hydrogen) atoms. The summed E-state index contributed by atoms with van der Waals surface area (Å²) in [5, 5.41) is 3.86. The van der Waals surface area contributed by atoms with Crippen LogP contribution >= 0.6 is 11.3 Å². The first-order valence-corrected chi connectivity index (χ1v) is 5.64. The number of aromatic nitrogens is 2. The topological polar surface area (TPSA) is 65.2 Å². The fraction of sp³-hybridized carbons (Fsp3) is 0.300. The van der Waals surface area contributed by atoms with Crippen LogP contribution in [0.4, 0.5) is 0 Å². The van der Waals surface area contributed by atoms with Crippen molar-refractivity contribution in [2.45, 2.75) is 13.8 Å². The lowest BCUT2D eigenvalue weighted by Gasteiger charge is -2.00. The van der Waals surface area contributed by atoms with Crippen LogP contribution in [-0.2, 0) is 4.74 Å². The van der Waals surface area contributed by atoms with Crippen LogP contribution in [0.15, 0.2) is 16.2 Å². The Balaban J connectivity index is 2.44. The Bertz CT molecular complexity index is 490. The van der Waals surface area contributed by atoms with Crippen LogP contribution in [0.1, 0.15) is 23.0 Å². The van der Waals surface area contributed by atoms with E-state index in [-0.39, 0.29) is 0 Å². The first-order valence-electron chi connectivity index (χ1n) is 4.76. The number of nitrogens with zero attached hydrogens (tertiary/aromatic N) is 2. The summed E-state index contributed by atoms with van der Waals surface area (Å²) in [6.45, 7) is 3.77. The summed E-state index contributed by atoms with van der Waals surface area (Å²) in [6, 6.07) is 0. The fourth-order valence-electron chi connectivity index (χ4n) is 1.32. The normalized spacial score (nSPS) is 10.4. The van der Waals surface area contributed by atoms with E-state index in [4.69, 9.17) is 9.26 Å². The number of ether oxygens (including phenoxy) is 1. The van der Waals surface area contributed by atoms with Gasteiger partial charge in [0.25, 0.3) is 0 Å². The molecule has 2 rings (SSSR count). The number of hydrogen-bond donors (Lipinski definition) is 0. The minimum absolute atomic E-state index is 0.325. The molecule has 0 radical (unpaired) electrons. The van der Waals surface area contributed by atoms with Gasteiger partial charge in [0.05, 0.1) is 17.0 Å². The predicted octanol–water partition coefficient (Wildman–Crippen LogP) is 2.28. The standard InChI is InChI=1S/C10H10N2O3S/c1-3-14-10(13)8-6(2)15-12-9(8)7-4-11-5-16-7/h4-5H,3H2,1-2H3. The van der Waals surface area contributed by atoms with Gasteiger partial charge in [0.2, 0.25) is 0 Å². The summed E-state index contributed by atoms with van der Waals surface area (Å²) in [5.74, 6) is 0.0477. The maximum absolute atomic E-state index is 11.7. The highest BCUT2D eigenvalue weighted by Gasteiger charge is 2.23. The van der Waals surface area contributed by atoms with E-state index in [1.54, 1.807) is 25.6 Å². The van der Waals surface area contributed by atoms with E-state index in [9.17, 15) is 4.79 Å².